The molecule has 0 amide bonds. The minimum atomic E-state index is -0.264. The third kappa shape index (κ3) is 3.62. The van der Waals surface area contributed by atoms with E-state index in [0.717, 1.165) is 18.5 Å². The van der Waals surface area contributed by atoms with Crippen LogP contribution in [0, 0.1) is 17.2 Å². The Hall–Kier alpha value is -1.25. The second-order valence-corrected chi connectivity index (χ2v) is 6.60. The fraction of sp³-hybridized carbons (Fsp3) is 0.625. The van der Waals surface area contributed by atoms with Gasteiger partial charge in [0.15, 0.2) is 0 Å². The van der Waals surface area contributed by atoms with Crippen LogP contribution in [0.1, 0.15) is 40.0 Å². The predicted octanol–water partition coefficient (Wildman–Crippen LogP) is 4.46. The summed E-state index contributed by atoms with van der Waals surface area (Å²) in [5.41, 5.74) is 1.25. The van der Waals surface area contributed by atoms with E-state index in [1.807, 2.05) is 0 Å². The Bertz CT molecular complexity index is 444. The van der Waals surface area contributed by atoms with Gasteiger partial charge in [-0.05, 0) is 42.7 Å². The molecule has 0 aromatic heterocycles. The predicted molar refractivity (Wildman–Crippen MR) is 77.2 cm³/mol. The Balaban J connectivity index is 2.12. The topological polar surface area (TPSA) is 21.3 Å². The lowest BCUT2D eigenvalue weighted by Crippen LogP contribution is -2.35. The van der Waals surface area contributed by atoms with Crippen LogP contribution in [-0.4, -0.2) is 13.2 Å². The molecule has 0 spiro atoms. The molecule has 0 saturated heterocycles. The Morgan fingerprint density at radius 2 is 2.05 bits per heavy atom. The second kappa shape index (κ2) is 5.40. The van der Waals surface area contributed by atoms with E-state index in [1.54, 1.807) is 13.2 Å². The van der Waals surface area contributed by atoms with Crippen LogP contribution in [0.25, 0.3) is 0 Å². The van der Waals surface area contributed by atoms with Crippen molar-refractivity contribution < 1.29 is 9.13 Å². The fourth-order valence-electron chi connectivity index (χ4n) is 3.46. The molecule has 2 unspecified atom stereocenters. The maximum Gasteiger partial charge on any atom is 0.144 e. The summed E-state index contributed by atoms with van der Waals surface area (Å²) >= 11 is 0. The number of nitrogens with one attached hydrogen (secondary N) is 1. The van der Waals surface area contributed by atoms with Gasteiger partial charge < -0.3 is 10.1 Å². The van der Waals surface area contributed by atoms with Crippen molar-refractivity contribution >= 4 is 5.69 Å². The molecule has 3 heteroatoms. The molecule has 2 nitrogen and oxygen atoms in total. The monoisotopic (exact) mass is 265 g/mol. The highest BCUT2D eigenvalue weighted by atomic mass is 19.1. The summed E-state index contributed by atoms with van der Waals surface area (Å²) in [6.45, 7) is 6.94. The van der Waals surface area contributed by atoms with E-state index in [1.165, 1.54) is 18.6 Å². The molecular formula is C16H24FNO. The maximum absolute atomic E-state index is 13.2. The van der Waals surface area contributed by atoms with Crippen LogP contribution >= 0.6 is 0 Å². The van der Waals surface area contributed by atoms with Gasteiger partial charge >= 0.3 is 0 Å². The van der Waals surface area contributed by atoms with E-state index >= 15 is 0 Å². The summed E-state index contributed by atoms with van der Waals surface area (Å²) in [6.07, 6.45) is 3.56. The van der Waals surface area contributed by atoms with E-state index < -0.39 is 0 Å². The van der Waals surface area contributed by atoms with Crippen molar-refractivity contribution in [3.05, 3.63) is 24.0 Å². The zero-order valence-electron chi connectivity index (χ0n) is 12.3. The number of rotatable bonds is 3. The zero-order chi connectivity index (χ0) is 14.0. The first-order valence-corrected chi connectivity index (χ1v) is 7.00. The SMILES string of the molecule is COc1cc(F)ccc1NC1CC(C)CC(C)(C)C1. The summed E-state index contributed by atoms with van der Waals surface area (Å²) in [7, 11) is 1.58. The fourth-order valence-corrected chi connectivity index (χ4v) is 3.46. The molecule has 1 saturated carbocycles. The van der Waals surface area contributed by atoms with E-state index in [4.69, 9.17) is 4.74 Å². The summed E-state index contributed by atoms with van der Waals surface area (Å²) in [5.74, 6) is 1.03. The van der Waals surface area contributed by atoms with Crippen LogP contribution in [0.4, 0.5) is 10.1 Å². The van der Waals surface area contributed by atoms with Crippen molar-refractivity contribution in [2.75, 3.05) is 12.4 Å². The first-order valence-electron chi connectivity index (χ1n) is 7.00. The molecule has 19 heavy (non-hydrogen) atoms. The zero-order valence-corrected chi connectivity index (χ0v) is 12.3. The van der Waals surface area contributed by atoms with Gasteiger partial charge in [-0.2, -0.15) is 0 Å². The third-order valence-corrected chi connectivity index (χ3v) is 3.91. The standard InChI is InChI=1S/C16H24FNO/c1-11-7-13(10-16(2,3)9-11)18-14-6-5-12(17)8-15(14)19-4/h5-6,8,11,13,18H,7,9-10H2,1-4H3. The number of anilines is 1. The van der Waals surface area contributed by atoms with E-state index in [-0.39, 0.29) is 5.82 Å². The molecule has 1 aliphatic carbocycles. The number of ether oxygens (including phenoxy) is 1. The van der Waals surface area contributed by atoms with Gasteiger partial charge in [-0.15, -0.1) is 0 Å². The summed E-state index contributed by atoms with van der Waals surface area (Å²) in [4.78, 5) is 0. The van der Waals surface area contributed by atoms with Crippen molar-refractivity contribution in [2.45, 2.75) is 46.1 Å². The molecule has 1 aromatic carbocycles. The van der Waals surface area contributed by atoms with Gasteiger partial charge in [0.05, 0.1) is 12.8 Å². The van der Waals surface area contributed by atoms with Gasteiger partial charge in [0.1, 0.15) is 11.6 Å². The van der Waals surface area contributed by atoms with Crippen LogP contribution < -0.4 is 10.1 Å². The van der Waals surface area contributed by atoms with Crippen molar-refractivity contribution in [1.82, 2.24) is 0 Å². The largest absolute Gasteiger partial charge is 0.494 e. The van der Waals surface area contributed by atoms with Gasteiger partial charge in [0.2, 0.25) is 0 Å². The molecule has 1 aliphatic rings. The summed E-state index contributed by atoms with van der Waals surface area (Å²) in [6, 6.07) is 5.10. The molecule has 1 fully saturated rings. The molecule has 2 rings (SSSR count). The van der Waals surface area contributed by atoms with Crippen molar-refractivity contribution in [3.8, 4) is 5.75 Å². The van der Waals surface area contributed by atoms with Gasteiger partial charge in [-0.3, -0.25) is 0 Å². The lowest BCUT2D eigenvalue weighted by molar-refractivity contribution is 0.178. The number of halogens is 1. The van der Waals surface area contributed by atoms with E-state index in [9.17, 15) is 4.39 Å². The van der Waals surface area contributed by atoms with Gasteiger partial charge in [0.25, 0.3) is 0 Å². The van der Waals surface area contributed by atoms with E-state index in [2.05, 4.69) is 26.1 Å². The van der Waals surface area contributed by atoms with Crippen molar-refractivity contribution in [2.24, 2.45) is 11.3 Å². The molecule has 1 aromatic rings. The number of hydrogen-bond acceptors (Lipinski definition) is 2. The van der Waals surface area contributed by atoms with E-state index in [0.29, 0.717) is 23.1 Å². The second-order valence-electron chi connectivity index (χ2n) is 6.60. The third-order valence-electron chi connectivity index (χ3n) is 3.91. The summed E-state index contributed by atoms with van der Waals surface area (Å²) < 4.78 is 18.4. The highest BCUT2D eigenvalue weighted by molar-refractivity contribution is 5.57. The van der Waals surface area contributed by atoms with Crippen LogP contribution in [0.5, 0.6) is 5.75 Å². The number of methoxy groups -OCH3 is 1. The van der Waals surface area contributed by atoms with Crippen LogP contribution in [0.15, 0.2) is 18.2 Å². The molecular weight excluding hydrogens is 241 g/mol. The first-order chi connectivity index (χ1) is 8.89. The minimum Gasteiger partial charge on any atom is -0.494 e. The molecule has 0 heterocycles. The Kier molecular flexibility index (Phi) is 4.02. The lowest BCUT2D eigenvalue weighted by atomic mass is 9.70. The normalized spacial score (nSPS) is 25.9. The van der Waals surface area contributed by atoms with Crippen LogP contribution in [-0.2, 0) is 0 Å². The Morgan fingerprint density at radius 1 is 1.32 bits per heavy atom. The highest BCUT2D eigenvalue weighted by Gasteiger charge is 2.32. The highest BCUT2D eigenvalue weighted by Crippen LogP contribution is 2.40. The van der Waals surface area contributed by atoms with Gasteiger partial charge in [-0.25, -0.2) is 4.39 Å². The molecule has 1 N–H and O–H groups in total. The number of benzene rings is 1. The Morgan fingerprint density at radius 3 is 2.68 bits per heavy atom. The van der Waals surface area contributed by atoms with Crippen LogP contribution in [0.2, 0.25) is 0 Å². The maximum atomic E-state index is 13.2. The Labute approximate surface area is 115 Å². The van der Waals surface area contributed by atoms with Gasteiger partial charge in [-0.1, -0.05) is 20.8 Å². The molecule has 0 bridgehead atoms. The quantitative estimate of drug-likeness (QED) is 0.871. The number of hydrogen-bond donors (Lipinski definition) is 1. The molecule has 2 atom stereocenters. The average molecular weight is 265 g/mol. The smallest absolute Gasteiger partial charge is 0.144 e. The lowest BCUT2D eigenvalue weighted by Gasteiger charge is -2.39. The van der Waals surface area contributed by atoms with Crippen molar-refractivity contribution in [1.29, 1.82) is 0 Å². The average Bonchev–Trinajstić information content (AvgIpc) is 2.28. The first kappa shape index (κ1) is 14.2. The molecule has 106 valence electrons. The van der Waals surface area contributed by atoms with Crippen LogP contribution in [0.3, 0.4) is 0 Å². The van der Waals surface area contributed by atoms with Gasteiger partial charge in [0, 0.05) is 12.1 Å². The minimum absolute atomic E-state index is 0.264. The van der Waals surface area contributed by atoms with Crippen molar-refractivity contribution in [3.63, 3.8) is 0 Å². The molecule has 0 aliphatic heterocycles. The molecule has 0 radical (unpaired) electrons. The summed E-state index contributed by atoms with van der Waals surface area (Å²) in [5, 5.41) is 3.52.